The minimum Gasteiger partial charge on any atom is -0.496 e. The zero-order chi connectivity index (χ0) is 38.3. The van der Waals surface area contributed by atoms with Gasteiger partial charge in [-0.25, -0.2) is 9.37 Å². The van der Waals surface area contributed by atoms with Gasteiger partial charge in [0.05, 0.1) is 30.1 Å². The van der Waals surface area contributed by atoms with Gasteiger partial charge in [0.1, 0.15) is 28.7 Å². The predicted octanol–water partition coefficient (Wildman–Crippen LogP) is 7.04. The smallest absolute Gasteiger partial charge is 0.320 e. The second-order valence-electron chi connectivity index (χ2n) is 14.3. The number of piperidine rings is 1. The summed E-state index contributed by atoms with van der Waals surface area (Å²) in [6.07, 6.45) is 3.69. The van der Waals surface area contributed by atoms with E-state index >= 15 is 4.39 Å². The Morgan fingerprint density at radius 3 is 2.59 bits per heavy atom. The van der Waals surface area contributed by atoms with Crippen LogP contribution in [0.1, 0.15) is 77.4 Å². The van der Waals surface area contributed by atoms with Crippen molar-refractivity contribution in [2.45, 2.75) is 76.7 Å². The van der Waals surface area contributed by atoms with Crippen molar-refractivity contribution in [2.24, 2.45) is 7.05 Å². The third kappa shape index (κ3) is 7.17. The predicted molar refractivity (Wildman–Crippen MR) is 204 cm³/mol. The molecular formula is C40H44Cl2FN5O6. The van der Waals surface area contributed by atoms with Gasteiger partial charge < -0.3 is 29.6 Å². The molecule has 2 unspecified atom stereocenters. The van der Waals surface area contributed by atoms with E-state index in [9.17, 15) is 19.8 Å². The van der Waals surface area contributed by atoms with Gasteiger partial charge in [-0.15, -0.1) is 0 Å². The van der Waals surface area contributed by atoms with E-state index in [1.165, 1.54) is 7.11 Å². The molecule has 0 radical (unpaired) electrons. The molecule has 4 aromatic rings. The number of carbonyl (C=O) groups excluding carboxylic acids is 1. The van der Waals surface area contributed by atoms with Gasteiger partial charge in [-0.1, -0.05) is 60.0 Å². The van der Waals surface area contributed by atoms with Gasteiger partial charge in [-0.2, -0.15) is 0 Å². The van der Waals surface area contributed by atoms with Crippen LogP contribution < -0.4 is 14.8 Å². The quantitative estimate of drug-likeness (QED) is 0.147. The fourth-order valence-corrected chi connectivity index (χ4v) is 8.59. The molecule has 1 fully saturated rings. The number of aliphatic hydroxyl groups is 1. The average Bonchev–Trinajstić information content (AvgIpc) is 3.75. The Hall–Kier alpha value is -4.20. The molecule has 1 aromatic heterocycles. The van der Waals surface area contributed by atoms with E-state index < -0.39 is 23.9 Å². The maximum absolute atomic E-state index is 15.9. The van der Waals surface area contributed by atoms with E-state index in [4.69, 9.17) is 32.7 Å². The number of hydrogen-bond donors (Lipinski definition) is 3. The normalized spacial score (nSPS) is 19.2. The molecule has 3 atom stereocenters. The second-order valence-corrected chi connectivity index (χ2v) is 15.0. The number of fused-ring (bicyclic) bond motifs is 2. The number of nitrogens with zero attached hydrogens (tertiary/aromatic N) is 4. The summed E-state index contributed by atoms with van der Waals surface area (Å²) in [7, 11) is 3.28. The van der Waals surface area contributed by atoms with Crippen LogP contribution in [0.5, 0.6) is 11.5 Å². The van der Waals surface area contributed by atoms with E-state index in [1.807, 2.05) is 48.9 Å². The van der Waals surface area contributed by atoms with E-state index in [0.717, 1.165) is 59.4 Å². The number of carbonyl (C=O) groups is 2. The standard InChI is InChI=1S/C40H44Cl2FN5O6/c1-22(21-49)47-17-15-30-29(20-47)44-38(46(30)2)39(50)45-28-11-7-10-26(35(28)41)23-8-6-9-25-24(23)13-14-32(25)54-34-18-33(53-3)27(37(43)36(34)42)19-48-16-5-4-12-31(48)40(51)52/h6-11,18,22,31-32,49H,4-5,12-17,19-21H2,1-3H3,(H,45,50)(H,51,52)/t22?,31-,32?/m0/s1. The molecule has 1 aliphatic carbocycles. The minimum atomic E-state index is -0.929. The second kappa shape index (κ2) is 15.9. The van der Waals surface area contributed by atoms with Gasteiger partial charge in [0, 0.05) is 62.0 Å². The van der Waals surface area contributed by atoms with Crippen LogP contribution in [-0.4, -0.2) is 80.3 Å². The Kier molecular flexibility index (Phi) is 11.2. The van der Waals surface area contributed by atoms with Gasteiger partial charge in [0.25, 0.3) is 5.91 Å². The first-order valence-corrected chi connectivity index (χ1v) is 19.1. The number of halogens is 3. The van der Waals surface area contributed by atoms with Crippen molar-refractivity contribution in [2.75, 3.05) is 32.1 Å². The number of nitrogens with one attached hydrogen (secondary N) is 1. The number of aromatic nitrogens is 2. The first-order valence-electron chi connectivity index (χ1n) is 18.3. The van der Waals surface area contributed by atoms with Gasteiger partial charge in [-0.05, 0) is 61.9 Å². The molecule has 11 nitrogen and oxygen atoms in total. The third-order valence-electron chi connectivity index (χ3n) is 11.1. The summed E-state index contributed by atoms with van der Waals surface area (Å²) in [4.78, 5) is 34.1. The number of likely N-dealkylation sites (tertiary alicyclic amines) is 1. The Bertz CT molecular complexity index is 2090. The first-order chi connectivity index (χ1) is 26.0. The Morgan fingerprint density at radius 1 is 1.06 bits per heavy atom. The summed E-state index contributed by atoms with van der Waals surface area (Å²) in [6.45, 7) is 3.94. The Labute approximate surface area is 323 Å². The van der Waals surface area contributed by atoms with E-state index in [2.05, 4.69) is 15.2 Å². The summed E-state index contributed by atoms with van der Waals surface area (Å²) < 4.78 is 29.8. The fourth-order valence-electron chi connectivity index (χ4n) is 8.10. The van der Waals surface area contributed by atoms with Crippen molar-refractivity contribution < 1.29 is 33.7 Å². The Morgan fingerprint density at radius 2 is 1.83 bits per heavy atom. The largest absolute Gasteiger partial charge is 0.496 e. The fraction of sp³-hybridized carbons (Fsp3) is 0.425. The van der Waals surface area contributed by atoms with Crippen LogP contribution in [0.4, 0.5) is 10.1 Å². The lowest BCUT2D eigenvalue weighted by Gasteiger charge is -2.33. The van der Waals surface area contributed by atoms with Crippen molar-refractivity contribution in [3.63, 3.8) is 0 Å². The van der Waals surface area contributed by atoms with E-state index in [0.29, 0.717) is 43.1 Å². The van der Waals surface area contributed by atoms with Crippen LogP contribution in [0, 0.1) is 5.82 Å². The number of imidazole rings is 1. The lowest BCUT2D eigenvalue weighted by Crippen LogP contribution is -2.44. The molecule has 1 saturated heterocycles. The number of carboxylic acids is 1. The average molecular weight is 781 g/mol. The number of carboxylic acid groups (broad SMARTS) is 1. The molecule has 1 amide bonds. The van der Waals surface area contributed by atoms with Crippen molar-refractivity contribution in [3.8, 4) is 22.6 Å². The number of benzene rings is 3. The Balaban J connectivity index is 1.11. The lowest BCUT2D eigenvalue weighted by molar-refractivity contribution is -0.144. The summed E-state index contributed by atoms with van der Waals surface area (Å²) in [5.41, 5.74) is 6.05. The molecule has 3 N–H and O–H groups in total. The highest BCUT2D eigenvalue weighted by Crippen LogP contribution is 2.46. The van der Waals surface area contributed by atoms with Crippen LogP contribution >= 0.6 is 23.2 Å². The maximum atomic E-state index is 15.9. The highest BCUT2D eigenvalue weighted by molar-refractivity contribution is 6.36. The van der Waals surface area contributed by atoms with E-state index in [1.54, 1.807) is 17.0 Å². The molecule has 3 aliphatic rings. The summed E-state index contributed by atoms with van der Waals surface area (Å²) in [5.74, 6) is -1.33. The molecule has 0 spiro atoms. The topological polar surface area (TPSA) is 129 Å². The molecule has 2 aliphatic heterocycles. The highest BCUT2D eigenvalue weighted by Gasteiger charge is 2.33. The molecule has 286 valence electrons. The molecule has 0 saturated carbocycles. The molecule has 0 bridgehead atoms. The molecule has 54 heavy (non-hydrogen) atoms. The number of aliphatic hydroxyl groups excluding tert-OH is 1. The number of aliphatic carboxylic acids is 1. The van der Waals surface area contributed by atoms with E-state index in [-0.39, 0.29) is 53.0 Å². The molecule has 3 heterocycles. The van der Waals surface area contributed by atoms with Gasteiger partial charge in [-0.3, -0.25) is 19.4 Å². The molecule has 7 rings (SSSR count). The third-order valence-corrected chi connectivity index (χ3v) is 11.9. The zero-order valence-corrected chi connectivity index (χ0v) is 32.0. The van der Waals surface area contributed by atoms with Crippen molar-refractivity contribution >= 4 is 40.8 Å². The van der Waals surface area contributed by atoms with Crippen LogP contribution in [0.3, 0.4) is 0 Å². The number of ether oxygens (including phenoxy) is 2. The first kappa shape index (κ1) is 38.1. The SMILES string of the molecule is COc1cc(OC2CCc3c(-c4cccc(NC(=O)c5nc6c(n5C)CCN(C(C)CO)C6)c4Cl)cccc32)c(Cl)c(F)c1CN1CCCC[C@H]1C(=O)O. The lowest BCUT2D eigenvalue weighted by atomic mass is 9.96. The monoisotopic (exact) mass is 779 g/mol. The summed E-state index contributed by atoms with van der Waals surface area (Å²) in [5, 5.41) is 22.5. The van der Waals surface area contributed by atoms with Gasteiger partial charge >= 0.3 is 5.97 Å². The van der Waals surface area contributed by atoms with Crippen molar-refractivity contribution in [1.82, 2.24) is 19.4 Å². The number of anilines is 1. The van der Waals surface area contributed by atoms with Crippen LogP contribution in [0.2, 0.25) is 10.0 Å². The number of hydrogen-bond acceptors (Lipinski definition) is 8. The summed E-state index contributed by atoms with van der Waals surface area (Å²) in [6, 6.07) is 12.3. The number of rotatable bonds is 11. The van der Waals surface area contributed by atoms with Crippen LogP contribution in [0.25, 0.3) is 11.1 Å². The van der Waals surface area contributed by atoms with Gasteiger partial charge in [0.2, 0.25) is 0 Å². The summed E-state index contributed by atoms with van der Waals surface area (Å²) >= 11 is 13.6. The molecular weight excluding hydrogens is 736 g/mol. The van der Waals surface area contributed by atoms with Crippen LogP contribution in [-0.2, 0) is 37.8 Å². The maximum Gasteiger partial charge on any atom is 0.320 e. The number of amides is 1. The van der Waals surface area contributed by atoms with Crippen molar-refractivity contribution in [1.29, 1.82) is 0 Å². The minimum absolute atomic E-state index is 0.00202. The zero-order valence-electron chi connectivity index (χ0n) is 30.5. The molecule has 14 heteroatoms. The highest BCUT2D eigenvalue weighted by atomic mass is 35.5. The van der Waals surface area contributed by atoms with Gasteiger partial charge in [0.15, 0.2) is 11.6 Å². The number of methoxy groups -OCH3 is 1. The molecule has 3 aromatic carbocycles. The van der Waals surface area contributed by atoms with Crippen molar-refractivity contribution in [3.05, 3.63) is 92.2 Å². The van der Waals surface area contributed by atoms with Crippen LogP contribution in [0.15, 0.2) is 42.5 Å².